The van der Waals surface area contributed by atoms with Gasteiger partial charge in [0, 0.05) is 26.9 Å². The zero-order chi connectivity index (χ0) is 15.7. The van der Waals surface area contributed by atoms with E-state index in [2.05, 4.69) is 38.5 Å². The first-order valence-electron chi connectivity index (χ1n) is 7.20. The number of hydrogen-bond donors (Lipinski definition) is 0. The van der Waals surface area contributed by atoms with Crippen molar-refractivity contribution in [2.45, 2.75) is 18.9 Å². The summed E-state index contributed by atoms with van der Waals surface area (Å²) in [6.45, 7) is 1.66. The summed E-state index contributed by atoms with van der Waals surface area (Å²) in [5, 5.41) is 0. The number of rotatable bonds is 2. The van der Waals surface area contributed by atoms with Crippen LogP contribution in [-0.4, -0.2) is 52.4 Å². The normalized spacial score (nSPS) is 21.5. The SMILES string of the molecule is O=C(C1CSCN1C(=O)c1cc(Br)ccc1I)N1CCCC1. The molecule has 1 atom stereocenters. The van der Waals surface area contributed by atoms with Gasteiger partial charge in [0.15, 0.2) is 0 Å². The average Bonchev–Trinajstić information content (AvgIpc) is 3.19. The van der Waals surface area contributed by atoms with Gasteiger partial charge >= 0.3 is 0 Å². The van der Waals surface area contributed by atoms with Crippen LogP contribution in [0.5, 0.6) is 0 Å². The standard InChI is InChI=1S/C15H16BrIN2O2S/c16-10-3-4-12(17)11(7-10)14(20)19-9-22-8-13(19)15(21)18-5-1-2-6-18/h3-4,7,13H,1-2,5-6,8-9H2. The summed E-state index contributed by atoms with van der Waals surface area (Å²) in [5.74, 6) is 1.35. The predicted molar refractivity (Wildman–Crippen MR) is 100.0 cm³/mol. The first-order valence-corrected chi connectivity index (χ1v) is 10.2. The van der Waals surface area contributed by atoms with E-state index in [1.54, 1.807) is 16.7 Å². The van der Waals surface area contributed by atoms with Crippen molar-refractivity contribution in [3.8, 4) is 0 Å². The Kier molecular flexibility index (Phi) is 5.34. The van der Waals surface area contributed by atoms with Crippen molar-refractivity contribution < 1.29 is 9.59 Å². The minimum absolute atomic E-state index is 0.0479. The predicted octanol–water partition coefficient (Wildman–Crippen LogP) is 3.19. The van der Waals surface area contributed by atoms with Crippen LogP contribution in [-0.2, 0) is 4.79 Å². The van der Waals surface area contributed by atoms with Crippen LogP contribution in [0.15, 0.2) is 22.7 Å². The molecule has 2 amide bonds. The molecule has 2 aliphatic rings. The zero-order valence-corrected chi connectivity index (χ0v) is 16.5. The van der Waals surface area contributed by atoms with Gasteiger partial charge in [0.25, 0.3) is 5.91 Å². The first kappa shape index (κ1) is 16.6. The topological polar surface area (TPSA) is 40.6 Å². The molecular weight excluding hydrogens is 479 g/mol. The Morgan fingerprint density at radius 2 is 2.00 bits per heavy atom. The summed E-state index contributed by atoms with van der Waals surface area (Å²) in [6, 6.07) is 5.36. The van der Waals surface area contributed by atoms with Crippen molar-refractivity contribution in [3.63, 3.8) is 0 Å². The summed E-state index contributed by atoms with van der Waals surface area (Å²) in [6.07, 6.45) is 2.14. The van der Waals surface area contributed by atoms with Crippen molar-refractivity contribution in [1.29, 1.82) is 0 Å². The Balaban J connectivity index is 1.81. The number of halogens is 2. The van der Waals surface area contributed by atoms with Gasteiger partial charge < -0.3 is 9.80 Å². The summed E-state index contributed by atoms with van der Waals surface area (Å²) in [5.41, 5.74) is 0.664. The van der Waals surface area contributed by atoms with Crippen molar-refractivity contribution in [2.75, 3.05) is 24.7 Å². The Hall–Kier alpha value is -0.280. The van der Waals surface area contributed by atoms with E-state index in [9.17, 15) is 9.59 Å². The third-order valence-electron chi connectivity index (χ3n) is 4.00. The van der Waals surface area contributed by atoms with E-state index < -0.39 is 0 Å². The minimum Gasteiger partial charge on any atom is -0.341 e. The highest BCUT2D eigenvalue weighted by Crippen LogP contribution is 2.28. The van der Waals surface area contributed by atoms with E-state index in [1.165, 1.54) is 0 Å². The van der Waals surface area contributed by atoms with E-state index in [4.69, 9.17) is 0 Å². The third kappa shape index (κ3) is 3.31. The average molecular weight is 495 g/mol. The minimum atomic E-state index is -0.314. The number of nitrogens with zero attached hydrogens (tertiary/aromatic N) is 2. The number of carbonyl (C=O) groups is 2. The Labute approximate surface area is 156 Å². The van der Waals surface area contributed by atoms with Crippen molar-refractivity contribution in [1.82, 2.24) is 9.80 Å². The molecule has 2 fully saturated rings. The number of hydrogen-bond acceptors (Lipinski definition) is 3. The molecule has 0 aromatic heterocycles. The summed E-state index contributed by atoms with van der Waals surface area (Å²) in [4.78, 5) is 29.2. The van der Waals surface area contributed by atoms with Gasteiger partial charge in [-0.05, 0) is 53.6 Å². The third-order valence-corrected chi connectivity index (χ3v) is 6.45. The molecule has 2 aliphatic heterocycles. The molecule has 2 heterocycles. The smallest absolute Gasteiger partial charge is 0.256 e. The maximum absolute atomic E-state index is 12.9. The molecule has 0 spiro atoms. The lowest BCUT2D eigenvalue weighted by atomic mass is 10.1. The van der Waals surface area contributed by atoms with Gasteiger partial charge in [-0.2, -0.15) is 0 Å². The van der Waals surface area contributed by atoms with E-state index in [1.807, 2.05) is 23.1 Å². The van der Waals surface area contributed by atoms with Gasteiger partial charge in [-0.25, -0.2) is 0 Å². The number of carbonyl (C=O) groups excluding carboxylic acids is 2. The van der Waals surface area contributed by atoms with E-state index in [-0.39, 0.29) is 17.9 Å². The lowest BCUT2D eigenvalue weighted by Gasteiger charge is -2.27. The molecule has 0 aliphatic carbocycles. The molecule has 4 nitrogen and oxygen atoms in total. The van der Waals surface area contributed by atoms with Gasteiger partial charge in [0.2, 0.25) is 5.91 Å². The molecule has 1 unspecified atom stereocenters. The molecule has 118 valence electrons. The lowest BCUT2D eigenvalue weighted by molar-refractivity contribution is -0.133. The molecule has 0 N–H and O–H groups in total. The van der Waals surface area contributed by atoms with Crippen LogP contribution in [0.4, 0.5) is 0 Å². The molecule has 1 aromatic rings. The van der Waals surface area contributed by atoms with Crippen LogP contribution in [0.3, 0.4) is 0 Å². The van der Waals surface area contributed by atoms with E-state index in [0.717, 1.165) is 34.0 Å². The molecule has 0 saturated carbocycles. The number of benzene rings is 1. The van der Waals surface area contributed by atoms with Gasteiger partial charge in [-0.3, -0.25) is 9.59 Å². The lowest BCUT2D eigenvalue weighted by Crippen LogP contribution is -2.48. The number of likely N-dealkylation sites (tertiary alicyclic amines) is 1. The highest BCUT2D eigenvalue weighted by atomic mass is 127. The second-order valence-electron chi connectivity index (χ2n) is 5.45. The largest absolute Gasteiger partial charge is 0.341 e. The van der Waals surface area contributed by atoms with Gasteiger partial charge in [0.1, 0.15) is 6.04 Å². The maximum atomic E-state index is 12.9. The van der Waals surface area contributed by atoms with Crippen LogP contribution in [0.2, 0.25) is 0 Å². The highest BCUT2D eigenvalue weighted by molar-refractivity contribution is 14.1. The Morgan fingerprint density at radius 3 is 2.73 bits per heavy atom. The van der Waals surface area contributed by atoms with Crippen LogP contribution >= 0.6 is 50.3 Å². The second kappa shape index (κ2) is 7.09. The van der Waals surface area contributed by atoms with E-state index in [0.29, 0.717) is 17.2 Å². The monoisotopic (exact) mass is 494 g/mol. The maximum Gasteiger partial charge on any atom is 0.256 e. The van der Waals surface area contributed by atoms with E-state index >= 15 is 0 Å². The van der Waals surface area contributed by atoms with Crippen LogP contribution in [0.25, 0.3) is 0 Å². The van der Waals surface area contributed by atoms with Crippen LogP contribution in [0, 0.1) is 3.57 Å². The van der Waals surface area contributed by atoms with Gasteiger partial charge in [-0.1, -0.05) is 15.9 Å². The summed E-state index contributed by atoms with van der Waals surface area (Å²) in [7, 11) is 0. The van der Waals surface area contributed by atoms with Crippen molar-refractivity contribution in [3.05, 3.63) is 31.8 Å². The summed E-state index contributed by atoms with van der Waals surface area (Å²) < 4.78 is 1.79. The quantitative estimate of drug-likeness (QED) is 0.593. The Morgan fingerprint density at radius 1 is 1.27 bits per heavy atom. The highest BCUT2D eigenvalue weighted by Gasteiger charge is 2.38. The molecular formula is C15H16BrIN2O2S. The molecule has 3 rings (SSSR count). The molecule has 7 heteroatoms. The first-order chi connectivity index (χ1) is 10.6. The second-order valence-corrected chi connectivity index (χ2v) is 8.52. The summed E-state index contributed by atoms with van der Waals surface area (Å²) >= 11 is 7.24. The number of thioether (sulfide) groups is 1. The molecule has 1 aromatic carbocycles. The fourth-order valence-electron chi connectivity index (χ4n) is 2.81. The fraction of sp³-hybridized carbons (Fsp3) is 0.467. The Bertz CT molecular complexity index is 607. The molecule has 2 saturated heterocycles. The molecule has 0 bridgehead atoms. The van der Waals surface area contributed by atoms with Crippen molar-refractivity contribution in [2.24, 2.45) is 0 Å². The van der Waals surface area contributed by atoms with Crippen molar-refractivity contribution >= 4 is 62.1 Å². The zero-order valence-electron chi connectivity index (χ0n) is 11.9. The van der Waals surface area contributed by atoms with Gasteiger partial charge in [0.05, 0.1) is 11.4 Å². The number of amides is 2. The van der Waals surface area contributed by atoms with Crippen LogP contribution < -0.4 is 0 Å². The van der Waals surface area contributed by atoms with Gasteiger partial charge in [-0.15, -0.1) is 11.8 Å². The fourth-order valence-corrected chi connectivity index (χ4v) is 4.88. The molecule has 0 radical (unpaired) electrons. The molecule has 22 heavy (non-hydrogen) atoms. The van der Waals surface area contributed by atoms with Crippen LogP contribution in [0.1, 0.15) is 23.2 Å².